The Kier molecular flexibility index (Phi) is 6.13. The second kappa shape index (κ2) is 8.33. The van der Waals surface area contributed by atoms with Crippen molar-refractivity contribution in [2.24, 2.45) is 5.41 Å². The van der Waals surface area contributed by atoms with Crippen LogP contribution in [-0.2, 0) is 11.3 Å². The minimum Gasteiger partial charge on any atom is -0.396 e. The second-order valence-corrected chi connectivity index (χ2v) is 8.05. The predicted octanol–water partition coefficient (Wildman–Crippen LogP) is 3.02. The summed E-state index contributed by atoms with van der Waals surface area (Å²) in [5.74, 6) is 0.142. The molecule has 1 aromatic carbocycles. The monoisotopic (exact) mass is 344 g/mol. The van der Waals surface area contributed by atoms with Gasteiger partial charge in [-0.1, -0.05) is 49.1 Å². The normalized spacial score (nSPS) is 23.5. The zero-order chi connectivity index (χ0) is 17.7. The average molecular weight is 344 g/mol. The topological polar surface area (TPSA) is 52.6 Å². The van der Waals surface area contributed by atoms with Crippen LogP contribution in [0.2, 0.25) is 0 Å². The molecule has 1 atom stereocenters. The maximum absolute atomic E-state index is 12.8. The summed E-state index contributed by atoms with van der Waals surface area (Å²) in [5.41, 5.74) is 2.45. The van der Waals surface area contributed by atoms with Gasteiger partial charge in [0.15, 0.2) is 0 Å². The molecule has 4 nitrogen and oxygen atoms in total. The van der Waals surface area contributed by atoms with Gasteiger partial charge in [0.25, 0.3) is 0 Å². The van der Waals surface area contributed by atoms with E-state index in [9.17, 15) is 9.90 Å². The summed E-state index contributed by atoms with van der Waals surface area (Å²) in [5, 5.41) is 13.0. The zero-order valence-corrected chi connectivity index (χ0v) is 15.5. The Bertz CT molecular complexity index is 581. The number of nitrogens with zero attached hydrogens (tertiary/aromatic N) is 1. The van der Waals surface area contributed by atoms with Crippen molar-refractivity contribution in [2.45, 2.75) is 64.5 Å². The number of aliphatic hydroxyl groups is 1. The number of hydrogen-bond acceptors (Lipinski definition) is 3. The van der Waals surface area contributed by atoms with Crippen molar-refractivity contribution < 1.29 is 9.90 Å². The molecule has 1 amide bonds. The van der Waals surface area contributed by atoms with Crippen LogP contribution in [0.4, 0.5) is 0 Å². The molecule has 2 aliphatic rings. The van der Waals surface area contributed by atoms with Crippen LogP contribution >= 0.6 is 0 Å². The highest BCUT2D eigenvalue weighted by atomic mass is 16.3. The number of rotatable bonds is 6. The van der Waals surface area contributed by atoms with Crippen LogP contribution in [-0.4, -0.2) is 41.7 Å². The minimum absolute atomic E-state index is 0.0279. The average Bonchev–Trinajstić information content (AvgIpc) is 3.09. The summed E-state index contributed by atoms with van der Waals surface area (Å²) < 4.78 is 0. The van der Waals surface area contributed by atoms with Gasteiger partial charge in [-0.25, -0.2) is 0 Å². The van der Waals surface area contributed by atoms with E-state index in [-0.39, 0.29) is 24.0 Å². The van der Waals surface area contributed by atoms with Crippen molar-refractivity contribution in [2.75, 3.05) is 19.7 Å². The van der Waals surface area contributed by atoms with Crippen molar-refractivity contribution in [1.82, 2.24) is 10.2 Å². The number of carbonyl (C=O) groups excluding carboxylic acids is 1. The molecule has 138 valence electrons. The third-order valence-electron chi connectivity index (χ3n) is 6.02. The first-order valence-electron chi connectivity index (χ1n) is 9.80. The van der Waals surface area contributed by atoms with Gasteiger partial charge < -0.3 is 10.4 Å². The Balaban J connectivity index is 1.57. The lowest BCUT2D eigenvalue weighted by Crippen LogP contribution is -2.48. The summed E-state index contributed by atoms with van der Waals surface area (Å²) in [6.45, 7) is 4.74. The second-order valence-electron chi connectivity index (χ2n) is 8.05. The largest absolute Gasteiger partial charge is 0.396 e. The molecule has 0 bridgehead atoms. The summed E-state index contributed by atoms with van der Waals surface area (Å²) in [6.07, 6.45) is 7.66. The number of likely N-dealkylation sites (tertiary alicyclic amines) is 1. The minimum atomic E-state index is -0.0894. The van der Waals surface area contributed by atoms with Gasteiger partial charge in [0, 0.05) is 18.5 Å². The van der Waals surface area contributed by atoms with Crippen LogP contribution in [0.3, 0.4) is 0 Å². The molecule has 1 unspecified atom stereocenters. The molecule has 1 saturated heterocycles. The number of nitrogens with one attached hydrogen (secondary N) is 1. The molecule has 1 aromatic rings. The first-order chi connectivity index (χ1) is 12.1. The molecule has 3 rings (SSSR count). The molecule has 2 N–H and O–H groups in total. The van der Waals surface area contributed by atoms with Crippen molar-refractivity contribution >= 4 is 5.91 Å². The number of aliphatic hydroxyl groups excluding tert-OH is 1. The Morgan fingerprint density at radius 2 is 2.08 bits per heavy atom. The molecule has 1 aliphatic heterocycles. The Morgan fingerprint density at radius 1 is 1.28 bits per heavy atom. The van der Waals surface area contributed by atoms with E-state index in [4.69, 9.17) is 0 Å². The van der Waals surface area contributed by atoms with E-state index in [1.165, 1.54) is 30.4 Å². The number of benzene rings is 1. The van der Waals surface area contributed by atoms with Crippen LogP contribution in [0, 0.1) is 12.3 Å². The Hall–Kier alpha value is -1.39. The van der Waals surface area contributed by atoms with Gasteiger partial charge >= 0.3 is 0 Å². The lowest BCUT2D eigenvalue weighted by atomic mass is 9.74. The Morgan fingerprint density at radius 3 is 2.80 bits per heavy atom. The van der Waals surface area contributed by atoms with E-state index in [0.717, 1.165) is 38.8 Å². The first kappa shape index (κ1) is 18.4. The van der Waals surface area contributed by atoms with Gasteiger partial charge in [0.05, 0.1) is 12.6 Å². The standard InChI is InChI=1S/C21H32N2O2/c1-17-7-5-8-18(13-17)14-23-12-6-9-19(23)20(25)22-15-21(16-24)10-3-2-4-11-21/h5,7-8,13,19,24H,2-4,6,9-12,14-16H2,1H3,(H,22,25). The maximum Gasteiger partial charge on any atom is 0.237 e. The molecule has 1 aliphatic carbocycles. The van der Waals surface area contributed by atoms with Crippen molar-refractivity contribution in [1.29, 1.82) is 0 Å². The smallest absolute Gasteiger partial charge is 0.237 e. The quantitative estimate of drug-likeness (QED) is 0.834. The maximum atomic E-state index is 12.8. The fourth-order valence-electron chi connectivity index (χ4n) is 4.44. The zero-order valence-electron chi connectivity index (χ0n) is 15.5. The third-order valence-corrected chi connectivity index (χ3v) is 6.02. The Labute approximate surface area is 151 Å². The van der Waals surface area contributed by atoms with Gasteiger partial charge in [-0.2, -0.15) is 0 Å². The number of aryl methyl sites for hydroxylation is 1. The number of carbonyl (C=O) groups is 1. The highest BCUT2D eigenvalue weighted by molar-refractivity contribution is 5.82. The fraction of sp³-hybridized carbons (Fsp3) is 0.667. The van der Waals surface area contributed by atoms with Crippen molar-refractivity contribution in [3.8, 4) is 0 Å². The highest BCUT2D eigenvalue weighted by Gasteiger charge is 2.35. The molecule has 0 aromatic heterocycles. The van der Waals surface area contributed by atoms with E-state index in [2.05, 4.69) is 41.4 Å². The van der Waals surface area contributed by atoms with E-state index < -0.39 is 0 Å². The summed E-state index contributed by atoms with van der Waals surface area (Å²) >= 11 is 0. The molecule has 1 saturated carbocycles. The van der Waals surface area contributed by atoms with Crippen LogP contribution in [0.25, 0.3) is 0 Å². The van der Waals surface area contributed by atoms with E-state index in [1.807, 2.05) is 0 Å². The lowest BCUT2D eigenvalue weighted by Gasteiger charge is -2.36. The molecule has 0 radical (unpaired) electrons. The van der Waals surface area contributed by atoms with E-state index in [0.29, 0.717) is 6.54 Å². The van der Waals surface area contributed by atoms with E-state index >= 15 is 0 Å². The predicted molar refractivity (Wildman–Crippen MR) is 100 cm³/mol. The summed E-state index contributed by atoms with van der Waals surface area (Å²) in [7, 11) is 0. The highest BCUT2D eigenvalue weighted by Crippen LogP contribution is 2.35. The number of amides is 1. The van der Waals surface area contributed by atoms with Gasteiger partial charge in [-0.05, 0) is 44.7 Å². The van der Waals surface area contributed by atoms with Gasteiger partial charge in [-0.15, -0.1) is 0 Å². The summed E-state index contributed by atoms with van der Waals surface area (Å²) in [6, 6.07) is 8.51. The van der Waals surface area contributed by atoms with Crippen LogP contribution in [0.1, 0.15) is 56.1 Å². The fourth-order valence-corrected chi connectivity index (χ4v) is 4.44. The SMILES string of the molecule is Cc1cccc(CN2CCCC2C(=O)NCC2(CO)CCCCC2)c1. The molecular formula is C21H32N2O2. The lowest BCUT2D eigenvalue weighted by molar-refractivity contribution is -0.126. The van der Waals surface area contributed by atoms with E-state index in [1.54, 1.807) is 0 Å². The molecular weight excluding hydrogens is 312 g/mol. The molecule has 4 heteroatoms. The third kappa shape index (κ3) is 4.62. The van der Waals surface area contributed by atoms with Crippen LogP contribution in [0.15, 0.2) is 24.3 Å². The van der Waals surface area contributed by atoms with Crippen LogP contribution < -0.4 is 5.32 Å². The van der Waals surface area contributed by atoms with Gasteiger partial charge in [0.1, 0.15) is 0 Å². The molecule has 0 spiro atoms. The molecule has 1 heterocycles. The number of hydrogen-bond donors (Lipinski definition) is 2. The summed E-state index contributed by atoms with van der Waals surface area (Å²) in [4.78, 5) is 15.1. The molecule has 25 heavy (non-hydrogen) atoms. The van der Waals surface area contributed by atoms with Gasteiger partial charge in [-0.3, -0.25) is 9.69 Å². The molecule has 2 fully saturated rings. The van der Waals surface area contributed by atoms with Gasteiger partial charge in [0.2, 0.25) is 5.91 Å². The van der Waals surface area contributed by atoms with Crippen molar-refractivity contribution in [3.05, 3.63) is 35.4 Å². The van der Waals surface area contributed by atoms with Crippen LogP contribution in [0.5, 0.6) is 0 Å². The van der Waals surface area contributed by atoms with Crippen molar-refractivity contribution in [3.63, 3.8) is 0 Å². The first-order valence-corrected chi connectivity index (χ1v) is 9.80.